The predicted octanol–water partition coefficient (Wildman–Crippen LogP) is 3.02. The van der Waals surface area contributed by atoms with Crippen molar-refractivity contribution in [2.24, 2.45) is 0 Å². The summed E-state index contributed by atoms with van der Waals surface area (Å²) in [5.41, 5.74) is 1.02. The van der Waals surface area contributed by atoms with E-state index in [9.17, 15) is 23.1 Å². The molecule has 3 rings (SSSR count). The van der Waals surface area contributed by atoms with Gasteiger partial charge in [0.15, 0.2) is 0 Å². The highest BCUT2D eigenvalue weighted by Crippen LogP contribution is 2.24. The first-order valence-electron chi connectivity index (χ1n) is 9.42. The third-order valence-corrected chi connectivity index (χ3v) is 6.05. The molecule has 0 aliphatic heterocycles. The maximum Gasteiger partial charge on any atom is 0.321 e. The van der Waals surface area contributed by atoms with Crippen molar-refractivity contribution in [3.63, 3.8) is 0 Å². The summed E-state index contributed by atoms with van der Waals surface area (Å²) < 4.78 is 33.1. The Balaban J connectivity index is 1.76. The Morgan fingerprint density at radius 3 is 2.29 bits per heavy atom. The summed E-state index contributed by atoms with van der Waals surface area (Å²) in [6, 6.07) is 17.7. The minimum atomic E-state index is -4.16. The SMILES string of the molecule is O=C(O)CC[C@@H](NS(=O)(=O)c1ccc2cc(OCc3ccccc3)ccc2c1)C(=O)O. The minimum Gasteiger partial charge on any atom is -0.489 e. The lowest BCUT2D eigenvalue weighted by Gasteiger charge is -2.14. The molecule has 0 bridgehead atoms. The summed E-state index contributed by atoms with van der Waals surface area (Å²) in [6.45, 7) is 0.398. The van der Waals surface area contributed by atoms with Crippen LogP contribution in [-0.4, -0.2) is 36.6 Å². The molecular formula is C22H21NO7S. The molecule has 162 valence electrons. The second kappa shape index (κ2) is 9.59. The van der Waals surface area contributed by atoms with Gasteiger partial charge in [-0.15, -0.1) is 0 Å². The van der Waals surface area contributed by atoms with Gasteiger partial charge in [-0.1, -0.05) is 42.5 Å². The van der Waals surface area contributed by atoms with Gasteiger partial charge in [-0.05, 0) is 47.0 Å². The molecule has 0 heterocycles. The van der Waals surface area contributed by atoms with Crippen molar-refractivity contribution in [3.8, 4) is 5.75 Å². The normalized spacial score (nSPS) is 12.4. The molecule has 31 heavy (non-hydrogen) atoms. The highest BCUT2D eigenvalue weighted by atomic mass is 32.2. The van der Waals surface area contributed by atoms with E-state index in [0.717, 1.165) is 10.9 Å². The molecule has 3 aromatic rings. The standard InChI is InChI=1S/C22H21NO7S/c24-21(25)11-10-20(22(26)27)23-31(28,29)19-9-7-16-12-18(8-6-17(16)13-19)30-14-15-4-2-1-3-5-15/h1-9,12-13,20,23H,10-11,14H2,(H,24,25)(H,26,27)/t20-/m1/s1. The molecule has 0 spiro atoms. The van der Waals surface area contributed by atoms with E-state index >= 15 is 0 Å². The Morgan fingerprint density at radius 2 is 1.61 bits per heavy atom. The van der Waals surface area contributed by atoms with Crippen molar-refractivity contribution < 1.29 is 33.0 Å². The summed E-state index contributed by atoms with van der Waals surface area (Å²) in [7, 11) is -4.16. The number of rotatable bonds is 10. The zero-order chi connectivity index (χ0) is 22.4. The fourth-order valence-corrected chi connectivity index (χ4v) is 4.21. The van der Waals surface area contributed by atoms with E-state index in [1.54, 1.807) is 24.3 Å². The van der Waals surface area contributed by atoms with E-state index in [1.165, 1.54) is 12.1 Å². The van der Waals surface area contributed by atoms with Crippen LogP contribution in [0.1, 0.15) is 18.4 Å². The molecule has 0 saturated carbocycles. The zero-order valence-corrected chi connectivity index (χ0v) is 17.2. The smallest absolute Gasteiger partial charge is 0.321 e. The number of benzene rings is 3. The van der Waals surface area contributed by atoms with Gasteiger partial charge in [-0.3, -0.25) is 9.59 Å². The van der Waals surface area contributed by atoms with Crippen molar-refractivity contribution in [1.82, 2.24) is 4.72 Å². The first-order valence-corrected chi connectivity index (χ1v) is 10.9. The van der Waals surface area contributed by atoms with Gasteiger partial charge in [0.2, 0.25) is 10.0 Å². The van der Waals surface area contributed by atoms with E-state index in [4.69, 9.17) is 9.84 Å². The molecule has 9 heteroatoms. The largest absolute Gasteiger partial charge is 0.489 e. The fraction of sp³-hybridized carbons (Fsp3) is 0.182. The van der Waals surface area contributed by atoms with Gasteiger partial charge in [0.25, 0.3) is 0 Å². The van der Waals surface area contributed by atoms with E-state index in [1.807, 2.05) is 30.3 Å². The molecule has 0 radical (unpaired) electrons. The van der Waals surface area contributed by atoms with Gasteiger partial charge in [0.1, 0.15) is 18.4 Å². The van der Waals surface area contributed by atoms with E-state index in [2.05, 4.69) is 4.72 Å². The average molecular weight is 443 g/mol. The molecule has 0 aliphatic carbocycles. The Hall–Kier alpha value is -3.43. The molecule has 3 aromatic carbocycles. The van der Waals surface area contributed by atoms with Crippen molar-refractivity contribution >= 4 is 32.7 Å². The van der Waals surface area contributed by atoms with Crippen LogP contribution in [0, 0.1) is 0 Å². The van der Waals surface area contributed by atoms with Crippen LogP contribution in [0.3, 0.4) is 0 Å². The monoisotopic (exact) mass is 443 g/mol. The Bertz CT molecular complexity index is 1190. The number of sulfonamides is 1. The van der Waals surface area contributed by atoms with Gasteiger partial charge in [0, 0.05) is 6.42 Å². The Kier molecular flexibility index (Phi) is 6.88. The quantitative estimate of drug-likeness (QED) is 0.439. The maximum atomic E-state index is 12.6. The number of aliphatic carboxylic acids is 2. The summed E-state index contributed by atoms with van der Waals surface area (Å²) in [5.74, 6) is -2.02. The topological polar surface area (TPSA) is 130 Å². The first-order chi connectivity index (χ1) is 14.7. The predicted molar refractivity (Wildman–Crippen MR) is 113 cm³/mol. The zero-order valence-electron chi connectivity index (χ0n) is 16.4. The lowest BCUT2D eigenvalue weighted by atomic mass is 10.1. The molecule has 3 N–H and O–H groups in total. The number of hydrogen-bond acceptors (Lipinski definition) is 5. The fourth-order valence-electron chi connectivity index (χ4n) is 2.96. The molecule has 0 aromatic heterocycles. The number of fused-ring (bicyclic) bond motifs is 1. The van der Waals surface area contributed by atoms with Gasteiger partial charge in [-0.25, -0.2) is 8.42 Å². The van der Waals surface area contributed by atoms with Crippen LogP contribution < -0.4 is 9.46 Å². The number of carbonyl (C=O) groups is 2. The summed E-state index contributed by atoms with van der Waals surface area (Å²) in [6.07, 6.45) is -0.831. The molecule has 0 saturated heterocycles. The van der Waals surface area contributed by atoms with Crippen molar-refractivity contribution in [3.05, 3.63) is 72.3 Å². The molecule has 0 fully saturated rings. The van der Waals surface area contributed by atoms with Crippen molar-refractivity contribution in [2.75, 3.05) is 0 Å². The van der Waals surface area contributed by atoms with Crippen LogP contribution in [0.15, 0.2) is 71.6 Å². The second-order valence-electron chi connectivity index (χ2n) is 6.89. The molecule has 0 unspecified atom stereocenters. The first kappa shape index (κ1) is 22.3. The minimum absolute atomic E-state index is 0.112. The van der Waals surface area contributed by atoms with E-state index in [-0.39, 0.29) is 11.3 Å². The molecule has 0 aliphatic rings. The van der Waals surface area contributed by atoms with Crippen molar-refractivity contribution in [1.29, 1.82) is 0 Å². The van der Waals surface area contributed by atoms with Gasteiger partial charge < -0.3 is 14.9 Å². The summed E-state index contributed by atoms with van der Waals surface area (Å²) >= 11 is 0. The number of ether oxygens (including phenoxy) is 1. The number of nitrogens with one attached hydrogen (secondary N) is 1. The Morgan fingerprint density at radius 1 is 0.935 bits per heavy atom. The number of hydrogen-bond donors (Lipinski definition) is 3. The number of carboxylic acid groups (broad SMARTS) is 2. The molecule has 0 amide bonds. The van der Waals surface area contributed by atoms with Crippen LogP contribution >= 0.6 is 0 Å². The van der Waals surface area contributed by atoms with Crippen LogP contribution in [0.4, 0.5) is 0 Å². The van der Waals surface area contributed by atoms with Gasteiger partial charge in [-0.2, -0.15) is 4.72 Å². The van der Waals surface area contributed by atoms with Crippen LogP contribution in [0.2, 0.25) is 0 Å². The summed E-state index contributed by atoms with van der Waals surface area (Å²) in [4.78, 5) is 21.9. The van der Waals surface area contributed by atoms with Crippen LogP contribution in [0.5, 0.6) is 5.75 Å². The van der Waals surface area contributed by atoms with Crippen LogP contribution in [0.25, 0.3) is 10.8 Å². The Labute approximate surface area is 179 Å². The maximum absolute atomic E-state index is 12.6. The van der Waals surface area contributed by atoms with Gasteiger partial charge >= 0.3 is 11.9 Å². The lowest BCUT2D eigenvalue weighted by Crippen LogP contribution is -2.41. The average Bonchev–Trinajstić information content (AvgIpc) is 2.75. The van der Waals surface area contributed by atoms with Crippen LogP contribution in [-0.2, 0) is 26.2 Å². The molecule has 1 atom stereocenters. The molecule has 8 nitrogen and oxygen atoms in total. The van der Waals surface area contributed by atoms with Crippen molar-refractivity contribution in [2.45, 2.75) is 30.4 Å². The highest BCUT2D eigenvalue weighted by Gasteiger charge is 2.26. The third kappa shape index (κ3) is 6.03. The molecular weight excluding hydrogens is 422 g/mol. The van der Waals surface area contributed by atoms with E-state index in [0.29, 0.717) is 17.7 Å². The highest BCUT2D eigenvalue weighted by molar-refractivity contribution is 7.89. The second-order valence-corrected chi connectivity index (χ2v) is 8.60. The number of carboxylic acids is 2. The lowest BCUT2D eigenvalue weighted by molar-refractivity contribution is -0.140. The summed E-state index contributed by atoms with van der Waals surface area (Å²) in [5, 5.41) is 19.3. The van der Waals surface area contributed by atoms with Gasteiger partial charge in [0.05, 0.1) is 4.90 Å². The van der Waals surface area contributed by atoms with E-state index < -0.39 is 34.4 Å². The third-order valence-electron chi connectivity index (χ3n) is 4.58.